The van der Waals surface area contributed by atoms with Crippen LogP contribution >= 0.6 is 0 Å². The minimum absolute atomic E-state index is 0.662. The van der Waals surface area contributed by atoms with Crippen molar-refractivity contribution in [2.24, 2.45) is 5.10 Å². The fraction of sp³-hybridized carbons (Fsp3) is 0.875. The Morgan fingerprint density at radius 3 is 2.40 bits per heavy atom. The Labute approximate surface area is 62.7 Å². The normalized spacial score (nSPS) is 19.0. The minimum atomic E-state index is 0.662. The lowest BCUT2D eigenvalue weighted by Gasteiger charge is -2.07. The van der Waals surface area contributed by atoms with Crippen molar-refractivity contribution in [3.05, 3.63) is 0 Å². The van der Waals surface area contributed by atoms with Crippen molar-refractivity contribution in [1.82, 2.24) is 5.43 Å². The second-order valence-corrected chi connectivity index (χ2v) is 3.17. The van der Waals surface area contributed by atoms with E-state index < -0.39 is 0 Å². The standard InChI is InChI=1S/C8H16N2/c1-7(2)9-10-8-5-3-4-6-8/h8,10H,3-6H2,1-2H3. The highest BCUT2D eigenvalue weighted by Gasteiger charge is 2.12. The van der Waals surface area contributed by atoms with E-state index in [0.29, 0.717) is 6.04 Å². The van der Waals surface area contributed by atoms with Crippen molar-refractivity contribution in [2.75, 3.05) is 0 Å². The summed E-state index contributed by atoms with van der Waals surface area (Å²) in [6.45, 7) is 4.03. The van der Waals surface area contributed by atoms with Crippen molar-refractivity contribution in [1.29, 1.82) is 0 Å². The molecule has 0 aliphatic heterocycles. The van der Waals surface area contributed by atoms with Crippen LogP contribution in [-0.2, 0) is 0 Å². The number of hydrogen-bond acceptors (Lipinski definition) is 2. The van der Waals surface area contributed by atoms with Crippen molar-refractivity contribution < 1.29 is 0 Å². The fourth-order valence-corrected chi connectivity index (χ4v) is 1.28. The van der Waals surface area contributed by atoms with E-state index in [-0.39, 0.29) is 0 Å². The zero-order chi connectivity index (χ0) is 7.40. The topological polar surface area (TPSA) is 24.4 Å². The van der Waals surface area contributed by atoms with E-state index in [1.54, 1.807) is 0 Å². The third-order valence-corrected chi connectivity index (χ3v) is 1.83. The second kappa shape index (κ2) is 3.59. The van der Waals surface area contributed by atoms with Crippen LogP contribution in [0, 0.1) is 0 Å². The molecule has 0 bridgehead atoms. The van der Waals surface area contributed by atoms with Gasteiger partial charge in [0.1, 0.15) is 0 Å². The number of nitrogens with one attached hydrogen (secondary N) is 1. The van der Waals surface area contributed by atoms with Crippen LogP contribution in [-0.4, -0.2) is 11.8 Å². The number of nitrogens with zero attached hydrogens (tertiary/aromatic N) is 1. The van der Waals surface area contributed by atoms with E-state index in [1.165, 1.54) is 25.7 Å². The lowest BCUT2D eigenvalue weighted by atomic mass is 10.3. The Morgan fingerprint density at radius 1 is 1.30 bits per heavy atom. The summed E-state index contributed by atoms with van der Waals surface area (Å²) >= 11 is 0. The van der Waals surface area contributed by atoms with Crippen LogP contribution in [0.1, 0.15) is 39.5 Å². The zero-order valence-corrected chi connectivity index (χ0v) is 6.85. The van der Waals surface area contributed by atoms with E-state index >= 15 is 0 Å². The van der Waals surface area contributed by atoms with Gasteiger partial charge in [-0.2, -0.15) is 5.10 Å². The van der Waals surface area contributed by atoms with Crippen LogP contribution in [0.2, 0.25) is 0 Å². The largest absolute Gasteiger partial charge is 0.307 e. The van der Waals surface area contributed by atoms with Gasteiger partial charge in [-0.05, 0) is 26.7 Å². The van der Waals surface area contributed by atoms with Gasteiger partial charge in [-0.25, -0.2) is 0 Å². The molecule has 0 spiro atoms. The SMILES string of the molecule is CC(C)=NNC1CCCC1. The maximum atomic E-state index is 4.17. The van der Waals surface area contributed by atoms with Crippen molar-refractivity contribution in [3.63, 3.8) is 0 Å². The van der Waals surface area contributed by atoms with Gasteiger partial charge in [-0.15, -0.1) is 0 Å². The molecule has 2 nitrogen and oxygen atoms in total. The molecule has 2 heteroatoms. The molecular formula is C8H16N2. The molecule has 58 valence electrons. The van der Waals surface area contributed by atoms with Crippen LogP contribution < -0.4 is 5.43 Å². The van der Waals surface area contributed by atoms with Crippen molar-refractivity contribution in [3.8, 4) is 0 Å². The second-order valence-electron chi connectivity index (χ2n) is 3.17. The van der Waals surface area contributed by atoms with Crippen molar-refractivity contribution >= 4 is 5.71 Å². The Morgan fingerprint density at radius 2 is 1.90 bits per heavy atom. The van der Waals surface area contributed by atoms with Crippen LogP contribution in [0.4, 0.5) is 0 Å². The highest BCUT2D eigenvalue weighted by Crippen LogP contribution is 2.17. The molecule has 1 saturated carbocycles. The highest BCUT2D eigenvalue weighted by molar-refractivity contribution is 5.78. The van der Waals surface area contributed by atoms with Gasteiger partial charge in [0.25, 0.3) is 0 Å². The summed E-state index contributed by atoms with van der Waals surface area (Å²) in [7, 11) is 0. The average molecular weight is 140 g/mol. The molecule has 0 aromatic rings. The van der Waals surface area contributed by atoms with E-state index in [1.807, 2.05) is 13.8 Å². The predicted molar refractivity (Wildman–Crippen MR) is 44.2 cm³/mol. The molecule has 0 aromatic carbocycles. The lowest BCUT2D eigenvalue weighted by molar-refractivity contribution is 0.546. The summed E-state index contributed by atoms with van der Waals surface area (Å²) in [5, 5.41) is 4.17. The molecule has 0 unspecified atom stereocenters. The van der Waals surface area contributed by atoms with Crippen LogP contribution in [0.5, 0.6) is 0 Å². The summed E-state index contributed by atoms with van der Waals surface area (Å²) in [6, 6.07) is 0.662. The summed E-state index contributed by atoms with van der Waals surface area (Å²) in [5.74, 6) is 0. The third-order valence-electron chi connectivity index (χ3n) is 1.83. The first kappa shape index (κ1) is 7.58. The maximum Gasteiger partial charge on any atom is 0.0440 e. The molecule has 1 aliphatic rings. The Balaban J connectivity index is 2.18. The van der Waals surface area contributed by atoms with E-state index in [4.69, 9.17) is 0 Å². The molecule has 0 saturated heterocycles. The van der Waals surface area contributed by atoms with Crippen LogP contribution in [0.3, 0.4) is 0 Å². The van der Waals surface area contributed by atoms with Gasteiger partial charge in [-0.3, -0.25) is 0 Å². The average Bonchev–Trinajstić information content (AvgIpc) is 2.34. The van der Waals surface area contributed by atoms with Crippen LogP contribution in [0.15, 0.2) is 5.10 Å². The third kappa shape index (κ3) is 2.38. The number of hydrogen-bond donors (Lipinski definition) is 1. The molecule has 1 rings (SSSR count). The summed E-state index contributed by atoms with van der Waals surface area (Å²) in [4.78, 5) is 0. The first-order valence-electron chi connectivity index (χ1n) is 4.05. The maximum absolute atomic E-state index is 4.17. The van der Waals surface area contributed by atoms with Crippen molar-refractivity contribution in [2.45, 2.75) is 45.6 Å². The van der Waals surface area contributed by atoms with Gasteiger partial charge in [0.2, 0.25) is 0 Å². The number of rotatable bonds is 2. The van der Waals surface area contributed by atoms with Gasteiger partial charge < -0.3 is 5.43 Å². The molecule has 0 heterocycles. The molecule has 1 fully saturated rings. The summed E-state index contributed by atoms with van der Waals surface area (Å²) in [5.41, 5.74) is 4.29. The molecule has 10 heavy (non-hydrogen) atoms. The van der Waals surface area contributed by atoms with E-state index in [9.17, 15) is 0 Å². The lowest BCUT2D eigenvalue weighted by Crippen LogP contribution is -2.20. The predicted octanol–water partition coefficient (Wildman–Crippen LogP) is 1.91. The van der Waals surface area contributed by atoms with Gasteiger partial charge in [0, 0.05) is 11.8 Å². The Kier molecular flexibility index (Phi) is 2.72. The highest BCUT2D eigenvalue weighted by atomic mass is 15.3. The Bertz CT molecular complexity index is 119. The first-order valence-corrected chi connectivity index (χ1v) is 4.05. The summed E-state index contributed by atoms with van der Waals surface area (Å²) < 4.78 is 0. The smallest absolute Gasteiger partial charge is 0.0440 e. The molecular weight excluding hydrogens is 124 g/mol. The minimum Gasteiger partial charge on any atom is -0.307 e. The van der Waals surface area contributed by atoms with Gasteiger partial charge in [0.05, 0.1) is 0 Å². The zero-order valence-electron chi connectivity index (χ0n) is 6.85. The molecule has 0 atom stereocenters. The monoisotopic (exact) mass is 140 g/mol. The van der Waals surface area contributed by atoms with E-state index in [2.05, 4.69) is 10.5 Å². The summed E-state index contributed by atoms with van der Waals surface area (Å²) in [6.07, 6.45) is 5.35. The quantitative estimate of drug-likeness (QED) is 0.460. The molecule has 0 aromatic heterocycles. The van der Waals surface area contributed by atoms with Gasteiger partial charge in [0.15, 0.2) is 0 Å². The molecule has 1 N–H and O–H groups in total. The molecule has 0 radical (unpaired) electrons. The van der Waals surface area contributed by atoms with Gasteiger partial charge >= 0.3 is 0 Å². The first-order chi connectivity index (χ1) is 4.79. The molecule has 1 aliphatic carbocycles. The number of hydrazone groups is 1. The van der Waals surface area contributed by atoms with Crippen LogP contribution in [0.25, 0.3) is 0 Å². The fourth-order valence-electron chi connectivity index (χ4n) is 1.28. The Hall–Kier alpha value is -0.530. The van der Waals surface area contributed by atoms with E-state index in [0.717, 1.165) is 5.71 Å². The molecule has 0 amide bonds. The van der Waals surface area contributed by atoms with Gasteiger partial charge in [-0.1, -0.05) is 12.8 Å².